The van der Waals surface area contributed by atoms with Gasteiger partial charge < -0.3 is 14.3 Å². The van der Waals surface area contributed by atoms with E-state index in [9.17, 15) is 14.4 Å². The van der Waals surface area contributed by atoms with Crippen LogP contribution in [-0.4, -0.2) is 28.2 Å². The van der Waals surface area contributed by atoms with Gasteiger partial charge in [0.1, 0.15) is 17.6 Å². The summed E-state index contributed by atoms with van der Waals surface area (Å²) in [6.45, 7) is 1.93. The Balaban J connectivity index is 1.50. The molecule has 41 heavy (non-hydrogen) atoms. The topological polar surface area (TPSA) is 111 Å². The summed E-state index contributed by atoms with van der Waals surface area (Å²) in [5.74, 6) is -0.539. The number of esters is 1. The highest BCUT2D eigenvalue weighted by molar-refractivity contribution is 7.10. The summed E-state index contributed by atoms with van der Waals surface area (Å²) in [6, 6.07) is 22.3. The maximum absolute atomic E-state index is 13.9. The number of thiazole rings is 1. The minimum Gasteiger partial charge on any atom is -0.478 e. The van der Waals surface area contributed by atoms with Gasteiger partial charge in [-0.25, -0.2) is 14.6 Å². The van der Waals surface area contributed by atoms with Gasteiger partial charge in [-0.3, -0.25) is 9.36 Å². The molecule has 1 aliphatic rings. The van der Waals surface area contributed by atoms with E-state index in [1.807, 2.05) is 47.8 Å². The molecule has 0 radical (unpaired) electrons. The van der Waals surface area contributed by atoms with Crippen LogP contribution in [0.1, 0.15) is 39.5 Å². The average molecular weight is 583 g/mol. The van der Waals surface area contributed by atoms with Crippen LogP contribution < -0.4 is 14.9 Å². The van der Waals surface area contributed by atoms with Crippen molar-refractivity contribution in [2.24, 2.45) is 4.99 Å². The molecule has 0 amide bonds. The lowest BCUT2D eigenvalue weighted by Crippen LogP contribution is -2.39. The van der Waals surface area contributed by atoms with E-state index in [1.54, 1.807) is 41.8 Å². The highest BCUT2D eigenvalue weighted by Gasteiger charge is 2.35. The molecule has 2 aromatic carbocycles. The van der Waals surface area contributed by atoms with Gasteiger partial charge in [0.2, 0.25) is 0 Å². The molecule has 0 aliphatic carbocycles. The smallest absolute Gasteiger partial charge is 0.338 e. The molecule has 0 saturated carbocycles. The van der Waals surface area contributed by atoms with E-state index >= 15 is 0 Å². The minimum absolute atomic E-state index is 0.180. The first-order chi connectivity index (χ1) is 19.9. The Bertz CT molecular complexity index is 1960. The number of ether oxygens (including phenoxy) is 1. The van der Waals surface area contributed by atoms with Crippen LogP contribution in [0.4, 0.5) is 0 Å². The third-order valence-electron chi connectivity index (χ3n) is 6.50. The van der Waals surface area contributed by atoms with E-state index in [2.05, 4.69) is 0 Å². The molecule has 1 aliphatic heterocycles. The van der Waals surface area contributed by atoms with Gasteiger partial charge in [-0.05, 0) is 42.6 Å². The predicted octanol–water partition coefficient (Wildman–Crippen LogP) is 4.96. The molecule has 0 spiro atoms. The standard InChI is InChI=1S/C31H22N2O6S2/c1-2-38-30(37)25-26(19-7-4-3-5-8-19)32-31-33(27(25)23-9-6-16-40-23)28(34)24(41-31)17-21-14-15-22(39-21)18-10-12-20(13-11-18)29(35)36/h3-17,27H,2H2,1H3,(H,35,36)/b24-17-. The van der Waals surface area contributed by atoms with Gasteiger partial charge in [0.05, 0.1) is 28.0 Å². The normalized spacial score (nSPS) is 15.0. The summed E-state index contributed by atoms with van der Waals surface area (Å²) in [7, 11) is 0. The number of nitrogens with zero attached hydrogens (tertiary/aromatic N) is 2. The Labute approximate surface area is 241 Å². The summed E-state index contributed by atoms with van der Waals surface area (Å²) in [6.07, 6.45) is 1.65. The minimum atomic E-state index is -1.01. The van der Waals surface area contributed by atoms with E-state index in [1.165, 1.54) is 34.8 Å². The monoisotopic (exact) mass is 582 g/mol. The number of carboxylic acid groups (broad SMARTS) is 1. The first kappa shape index (κ1) is 26.4. The second-order valence-electron chi connectivity index (χ2n) is 9.03. The molecule has 10 heteroatoms. The van der Waals surface area contributed by atoms with Crippen LogP contribution in [0.15, 0.2) is 104 Å². The van der Waals surface area contributed by atoms with Gasteiger partial charge in [-0.2, -0.15) is 0 Å². The van der Waals surface area contributed by atoms with Crippen molar-refractivity contribution in [3.63, 3.8) is 0 Å². The largest absolute Gasteiger partial charge is 0.478 e. The van der Waals surface area contributed by atoms with Gasteiger partial charge in [0.25, 0.3) is 5.56 Å². The van der Waals surface area contributed by atoms with Crippen LogP contribution in [0.3, 0.4) is 0 Å². The Kier molecular flexibility index (Phi) is 7.08. The lowest BCUT2D eigenvalue weighted by Gasteiger charge is -2.24. The maximum Gasteiger partial charge on any atom is 0.338 e. The van der Waals surface area contributed by atoms with Crippen molar-refractivity contribution in [2.75, 3.05) is 6.61 Å². The zero-order chi connectivity index (χ0) is 28.5. The molecule has 5 aromatic rings. The first-order valence-corrected chi connectivity index (χ1v) is 14.4. The number of rotatable bonds is 7. The molecule has 4 heterocycles. The van der Waals surface area contributed by atoms with Crippen molar-refractivity contribution in [1.29, 1.82) is 0 Å². The molecule has 0 fully saturated rings. The number of carboxylic acids is 1. The average Bonchev–Trinajstić information content (AvgIpc) is 3.75. The highest BCUT2D eigenvalue weighted by Crippen LogP contribution is 2.36. The number of aromatic carboxylic acids is 1. The summed E-state index contributed by atoms with van der Waals surface area (Å²) in [5.41, 5.74) is 2.12. The van der Waals surface area contributed by atoms with Crippen LogP contribution in [0.25, 0.3) is 23.1 Å². The van der Waals surface area contributed by atoms with Gasteiger partial charge in [0, 0.05) is 22.1 Å². The number of benzene rings is 2. The molecule has 6 rings (SSSR count). The quantitative estimate of drug-likeness (QED) is 0.272. The molecule has 1 atom stereocenters. The summed E-state index contributed by atoms with van der Waals surface area (Å²) >= 11 is 2.67. The van der Waals surface area contributed by atoms with Crippen molar-refractivity contribution < 1.29 is 23.8 Å². The van der Waals surface area contributed by atoms with Gasteiger partial charge in [0.15, 0.2) is 4.80 Å². The molecule has 204 valence electrons. The zero-order valence-electron chi connectivity index (χ0n) is 21.6. The molecule has 0 saturated heterocycles. The fourth-order valence-corrected chi connectivity index (χ4v) is 6.45. The van der Waals surface area contributed by atoms with E-state index in [-0.39, 0.29) is 17.7 Å². The van der Waals surface area contributed by atoms with Crippen LogP contribution in [-0.2, 0) is 9.53 Å². The molecule has 8 nitrogen and oxygen atoms in total. The van der Waals surface area contributed by atoms with Crippen LogP contribution in [0.2, 0.25) is 0 Å². The third kappa shape index (κ3) is 4.99. The SMILES string of the molecule is CCOC(=O)C1=C(c2ccccc2)N=c2s/c(=C\c3ccc(-c4ccc(C(=O)O)cc4)o3)c(=O)n2C1c1cccs1. The van der Waals surface area contributed by atoms with Crippen LogP contribution in [0.5, 0.6) is 0 Å². The fourth-order valence-electron chi connectivity index (χ4n) is 4.65. The molecule has 3 aromatic heterocycles. The Morgan fingerprint density at radius 2 is 1.80 bits per heavy atom. The number of aromatic nitrogens is 1. The van der Waals surface area contributed by atoms with Crippen molar-refractivity contribution in [3.8, 4) is 11.3 Å². The van der Waals surface area contributed by atoms with E-state index in [0.717, 1.165) is 10.4 Å². The maximum atomic E-state index is 13.9. The van der Waals surface area contributed by atoms with Gasteiger partial charge in [-0.1, -0.05) is 59.9 Å². The molecular weight excluding hydrogens is 560 g/mol. The molecule has 1 unspecified atom stereocenters. The van der Waals surface area contributed by atoms with Crippen LogP contribution >= 0.6 is 22.7 Å². The van der Waals surface area contributed by atoms with Crippen molar-refractivity contribution >= 4 is 46.4 Å². The second-order valence-corrected chi connectivity index (χ2v) is 11.0. The zero-order valence-corrected chi connectivity index (χ0v) is 23.3. The number of thiophene rings is 1. The fraction of sp³-hybridized carbons (Fsp3) is 0.0968. The van der Waals surface area contributed by atoms with Gasteiger partial charge in [-0.15, -0.1) is 11.3 Å². The van der Waals surface area contributed by atoms with E-state index < -0.39 is 18.0 Å². The lowest BCUT2D eigenvalue weighted by atomic mass is 9.97. The Morgan fingerprint density at radius 3 is 2.49 bits per heavy atom. The Hall–Kier alpha value is -4.80. The number of hydrogen-bond donors (Lipinski definition) is 1. The lowest BCUT2D eigenvalue weighted by molar-refractivity contribution is -0.138. The number of fused-ring (bicyclic) bond motifs is 1. The Morgan fingerprint density at radius 1 is 1.02 bits per heavy atom. The summed E-state index contributed by atoms with van der Waals surface area (Å²) < 4.78 is 13.4. The summed E-state index contributed by atoms with van der Waals surface area (Å²) in [5, 5.41) is 11.1. The number of carbonyl (C=O) groups is 2. The highest BCUT2D eigenvalue weighted by atomic mass is 32.1. The third-order valence-corrected chi connectivity index (χ3v) is 8.41. The van der Waals surface area contributed by atoms with Crippen LogP contribution in [0, 0.1) is 0 Å². The molecule has 0 bridgehead atoms. The van der Waals surface area contributed by atoms with E-state index in [0.29, 0.717) is 37.7 Å². The molecular formula is C31H22N2O6S2. The number of hydrogen-bond acceptors (Lipinski definition) is 8. The molecule has 1 N–H and O–H groups in total. The van der Waals surface area contributed by atoms with Crippen molar-refractivity contribution in [3.05, 3.63) is 131 Å². The van der Waals surface area contributed by atoms with E-state index in [4.69, 9.17) is 19.3 Å². The van der Waals surface area contributed by atoms with Gasteiger partial charge >= 0.3 is 11.9 Å². The first-order valence-electron chi connectivity index (χ1n) is 12.7. The predicted molar refractivity (Wildman–Crippen MR) is 156 cm³/mol. The summed E-state index contributed by atoms with van der Waals surface area (Å²) in [4.78, 5) is 44.6. The van der Waals surface area contributed by atoms with Crippen molar-refractivity contribution in [1.82, 2.24) is 4.57 Å². The number of furan rings is 1. The second kappa shape index (κ2) is 11.0. The number of carbonyl (C=O) groups excluding carboxylic acids is 1. The van der Waals surface area contributed by atoms with Crippen molar-refractivity contribution in [2.45, 2.75) is 13.0 Å².